The van der Waals surface area contributed by atoms with Crippen molar-refractivity contribution in [1.82, 2.24) is 59.8 Å². The number of benzene rings is 2. The van der Waals surface area contributed by atoms with Gasteiger partial charge in [-0.2, -0.15) is 10.2 Å². The van der Waals surface area contributed by atoms with Crippen LogP contribution in [0.15, 0.2) is 33.3 Å². The first-order valence-corrected chi connectivity index (χ1v) is 40.4. The smallest absolute Gasteiger partial charge is 0.143 e. The van der Waals surface area contributed by atoms with E-state index < -0.39 is 0 Å². The van der Waals surface area contributed by atoms with Crippen LogP contribution in [0.4, 0.5) is 5.82 Å². The fourth-order valence-corrected chi connectivity index (χ4v) is 34.1. The lowest BCUT2D eigenvalue weighted by Gasteiger charge is -2.10. The topological polar surface area (TPSA) is 215 Å². The molecule has 434 valence electrons. The lowest BCUT2D eigenvalue weighted by molar-refractivity contribution is 0.393. The third kappa shape index (κ3) is 15.3. The fourth-order valence-electron chi connectivity index (χ4n) is 9.10. The monoisotopic (exact) mass is 1360 g/mol. The summed E-state index contributed by atoms with van der Waals surface area (Å²) in [4.78, 5) is 25.1. The maximum atomic E-state index is 6.33. The maximum absolute atomic E-state index is 6.33. The number of aryl methyl sites for hydroxylation is 10. The largest absolute Gasteiger partial charge is 0.496 e. The Morgan fingerprint density at radius 1 is 0.593 bits per heavy atom. The highest BCUT2D eigenvalue weighted by Gasteiger charge is 2.23. The minimum atomic E-state index is 0. The fraction of sp³-hybridized carbons (Fsp3) is 0.360. The van der Waals surface area contributed by atoms with Gasteiger partial charge in [0.1, 0.15) is 56.9 Å². The van der Waals surface area contributed by atoms with Gasteiger partial charge in [-0.3, -0.25) is 9.36 Å². The van der Waals surface area contributed by atoms with Crippen LogP contribution < -0.4 is 15.2 Å². The summed E-state index contributed by atoms with van der Waals surface area (Å²) in [5.74, 6) is 5.11. The van der Waals surface area contributed by atoms with Gasteiger partial charge in [0.15, 0.2) is 0 Å². The van der Waals surface area contributed by atoms with Crippen LogP contribution in [0.25, 0.3) is 66.1 Å². The Labute approximate surface area is 515 Å². The van der Waals surface area contributed by atoms with Gasteiger partial charge in [-0.05, 0) is 98.1 Å². The normalized spacial score (nSPS) is 10.6. The molecular weight excluding hydrogens is 1300 g/mol. The van der Waals surface area contributed by atoms with Gasteiger partial charge in [-0.1, -0.05) is 43.2 Å². The molecule has 8 heterocycles. The molecule has 0 amide bonds. The second-order valence-corrected chi connectivity index (χ2v) is 37.2. The van der Waals surface area contributed by atoms with E-state index in [0.717, 1.165) is 142 Å². The number of ether oxygens (including phenoxy) is 2. The maximum Gasteiger partial charge on any atom is 0.143 e. The predicted molar refractivity (Wildman–Crippen MR) is 365 cm³/mol. The molecule has 2 aromatic carbocycles. The number of nitrogens with zero attached hydrogens (tertiary/aromatic N) is 10. The SMILES string of the molecule is C.CCc1nn(C)c(Cc2nc(C)nc3[nH]c4cc(-c5c(C)noc5C)c(OC)cc4c23)c1C.CCc1nn(C)c(N)c1C.COc1cc2c(cc1-c1c(C)noc1C)[nH]c1nc(C)nc(Cl)c12.S=S=S=S=S=S=S=S=S=S=S=S=S. The van der Waals surface area contributed by atoms with E-state index in [-0.39, 0.29) is 7.43 Å². The number of aromatic nitrogens is 12. The summed E-state index contributed by atoms with van der Waals surface area (Å²) in [6.45, 7) is 19.7. The van der Waals surface area contributed by atoms with Crippen molar-refractivity contribution in [2.24, 2.45) is 14.1 Å². The van der Waals surface area contributed by atoms with Crippen LogP contribution in [0.1, 0.15) is 89.7 Å². The first-order chi connectivity index (χ1) is 38.4. The number of nitrogen functional groups attached to an aromatic ring is 1. The van der Waals surface area contributed by atoms with E-state index in [2.05, 4.69) is 68.3 Å². The van der Waals surface area contributed by atoms with Crippen LogP contribution in [-0.2, 0) is 153 Å². The minimum absolute atomic E-state index is 0. The third-order valence-electron chi connectivity index (χ3n) is 12.6. The van der Waals surface area contributed by atoms with Gasteiger partial charge >= 0.3 is 0 Å². The Hall–Kier alpha value is -4.41. The quantitative estimate of drug-likeness (QED) is 0.121. The molecule has 0 aliphatic carbocycles. The van der Waals surface area contributed by atoms with Gasteiger partial charge in [0.05, 0.1) is 59.2 Å². The van der Waals surface area contributed by atoms with Crippen molar-refractivity contribution in [3.8, 4) is 33.8 Å². The van der Waals surface area contributed by atoms with E-state index in [0.29, 0.717) is 23.0 Å². The summed E-state index contributed by atoms with van der Waals surface area (Å²) in [6, 6.07) is 8.10. The molecule has 0 saturated carbocycles. The highest BCUT2D eigenvalue weighted by atomic mass is 35.5. The number of H-pyrrole nitrogens is 2. The number of rotatable bonds is 8. The Morgan fingerprint density at radius 2 is 1.02 bits per heavy atom. The standard InChI is InChI=1S/C25H28N6O2.C17H15ClN4O2.C7H13N3.CH4.S13/c1-8-18-12(2)21(31(6)29-18)11-20-24-16-10-22(32-7)17(23-13(3)30-33-14(23)4)9-19(16)28-25(24)27-15(5)26-20;1-7-14(8(2)24-22-7)11-5-12-10(6-13(11)23-4)15-16(18)19-9(3)20-17(15)21-12;1-4-6-5(2)7(8)10(3)9-6;;1-3-5-7-9-11-13-12-10-8-6-4-2/h9-10H,8,11H2,1-7H3,(H,26,27,28);5-6H,1-4H3,(H,19,20,21);4,8H2,1-3H3;1H4;. The number of halogens is 1. The second kappa shape index (κ2) is 30.4. The first kappa shape index (κ1) is 65.7. The number of fused-ring (bicyclic) bond motifs is 6. The molecule has 81 heavy (non-hydrogen) atoms. The van der Waals surface area contributed by atoms with Crippen LogP contribution in [0, 0.1) is 55.4 Å². The van der Waals surface area contributed by atoms with Crippen LogP contribution in [0.5, 0.6) is 11.5 Å². The van der Waals surface area contributed by atoms with Crippen molar-refractivity contribution in [1.29, 1.82) is 0 Å². The molecule has 0 aliphatic heterocycles. The van der Waals surface area contributed by atoms with Gasteiger partial charge in [0.25, 0.3) is 0 Å². The van der Waals surface area contributed by atoms with Gasteiger partial charge in [-0.15, -0.1) is 0 Å². The molecule has 10 rings (SSSR count). The zero-order valence-electron chi connectivity index (χ0n) is 45.8. The third-order valence-corrected chi connectivity index (χ3v) is 35.1. The lowest BCUT2D eigenvalue weighted by Crippen LogP contribution is -2.04. The number of nitrogens with one attached hydrogen (secondary N) is 2. The molecule has 0 unspecified atom stereocenters. The number of nitrogens with two attached hydrogens (primary N) is 1. The van der Waals surface area contributed by atoms with Gasteiger partial charge < -0.3 is 34.2 Å². The first-order valence-electron chi connectivity index (χ1n) is 24.0. The van der Waals surface area contributed by atoms with Crippen molar-refractivity contribution in [2.75, 3.05) is 20.0 Å². The van der Waals surface area contributed by atoms with Gasteiger partial charge in [-0.25, -0.2) is 19.9 Å². The van der Waals surface area contributed by atoms with Crippen molar-refractivity contribution in [3.63, 3.8) is 0 Å². The molecule has 0 radical (unpaired) electrons. The number of aromatic amines is 2. The molecule has 0 spiro atoms. The Bertz CT molecular complexity index is 4430. The summed E-state index contributed by atoms with van der Waals surface area (Å²) < 4.78 is 25.8. The summed E-state index contributed by atoms with van der Waals surface area (Å²) in [6.07, 6.45) is 2.54. The Balaban J connectivity index is 0.000000192. The van der Waals surface area contributed by atoms with E-state index in [1.54, 1.807) is 98.8 Å². The molecule has 0 atom stereocenters. The predicted octanol–water partition coefficient (Wildman–Crippen LogP) is 10.7. The molecule has 31 heteroatoms. The van der Waals surface area contributed by atoms with Crippen molar-refractivity contribution < 1.29 is 18.5 Å². The van der Waals surface area contributed by atoms with Crippen molar-refractivity contribution in [2.45, 2.75) is 95.9 Å². The van der Waals surface area contributed by atoms with Gasteiger partial charge in [0.2, 0.25) is 0 Å². The molecule has 0 bridgehead atoms. The highest BCUT2D eigenvalue weighted by Crippen LogP contribution is 2.42. The molecule has 0 fully saturated rings. The van der Waals surface area contributed by atoms with Crippen LogP contribution in [-0.4, -0.2) is 74.0 Å². The molecule has 0 saturated heterocycles. The summed E-state index contributed by atoms with van der Waals surface area (Å²) >= 11 is 15.7. The molecule has 10 aromatic rings. The Morgan fingerprint density at radius 3 is 1.42 bits per heavy atom. The van der Waals surface area contributed by atoms with E-state index in [9.17, 15) is 0 Å². The zero-order chi connectivity index (χ0) is 57.9. The van der Waals surface area contributed by atoms with E-state index >= 15 is 0 Å². The van der Waals surface area contributed by atoms with Crippen molar-refractivity contribution >= 4 is 181 Å². The molecular formula is C50H60ClN13O4S13. The average Bonchev–Trinajstić information content (AvgIpc) is 3.35. The minimum Gasteiger partial charge on any atom is -0.496 e. The van der Waals surface area contributed by atoms with E-state index in [4.69, 9.17) is 73.3 Å². The Kier molecular flexibility index (Phi) is 24.7. The lowest BCUT2D eigenvalue weighted by atomic mass is 10.00. The highest BCUT2D eigenvalue weighted by molar-refractivity contribution is 8.75. The molecule has 0 aliphatic rings. The molecule has 17 nitrogen and oxygen atoms in total. The zero-order valence-corrected chi connectivity index (χ0v) is 57.2. The number of hydrogen-bond acceptors (Lipinski definition) is 15. The van der Waals surface area contributed by atoms with Crippen LogP contribution in [0.3, 0.4) is 0 Å². The van der Waals surface area contributed by atoms with E-state index in [1.807, 2.05) is 79.4 Å². The van der Waals surface area contributed by atoms with E-state index in [1.165, 1.54) is 29.0 Å². The van der Waals surface area contributed by atoms with Crippen LogP contribution >= 0.6 is 11.6 Å². The summed E-state index contributed by atoms with van der Waals surface area (Å²) in [7, 11) is 25.3. The molecule has 4 N–H and O–H groups in total. The second-order valence-electron chi connectivity index (χ2n) is 17.4. The van der Waals surface area contributed by atoms with Gasteiger partial charge in [0, 0.05) is 190 Å². The van der Waals surface area contributed by atoms with Crippen LogP contribution in [0.2, 0.25) is 5.15 Å². The molecule has 8 aromatic heterocycles. The number of anilines is 1. The summed E-state index contributed by atoms with van der Waals surface area (Å²) in [5.41, 5.74) is 21.2. The average molecular weight is 1360 g/mol. The summed E-state index contributed by atoms with van der Waals surface area (Å²) in [5, 5.41) is 21.2. The van der Waals surface area contributed by atoms with Crippen molar-refractivity contribution in [3.05, 3.63) is 97.9 Å². The number of hydrogen-bond donors (Lipinski definition) is 3. The number of methoxy groups -OCH3 is 2.